The highest BCUT2D eigenvalue weighted by Gasteiger charge is 2.08. The SMILES string of the molecule is C[C@H](Nc1ccc([N+](=O)[O-])cn1)c1ccc(Cl)cc1. The molecule has 5 nitrogen and oxygen atoms in total. The van der Waals surface area contributed by atoms with Crippen molar-refractivity contribution in [3.63, 3.8) is 0 Å². The fraction of sp³-hybridized carbons (Fsp3) is 0.154. The van der Waals surface area contributed by atoms with Gasteiger partial charge in [0.2, 0.25) is 0 Å². The minimum absolute atomic E-state index is 0.0234. The number of nitrogens with one attached hydrogen (secondary N) is 1. The smallest absolute Gasteiger partial charge is 0.287 e. The van der Waals surface area contributed by atoms with Crippen LogP contribution in [0.1, 0.15) is 18.5 Å². The second kappa shape index (κ2) is 5.67. The molecular formula is C13H12ClN3O2. The Balaban J connectivity index is 2.08. The zero-order valence-corrected chi connectivity index (χ0v) is 11.0. The Labute approximate surface area is 115 Å². The van der Waals surface area contributed by atoms with Gasteiger partial charge in [-0.2, -0.15) is 0 Å². The van der Waals surface area contributed by atoms with Crippen LogP contribution in [0.5, 0.6) is 0 Å². The summed E-state index contributed by atoms with van der Waals surface area (Å²) in [7, 11) is 0. The van der Waals surface area contributed by atoms with Crippen molar-refractivity contribution in [2.45, 2.75) is 13.0 Å². The van der Waals surface area contributed by atoms with Gasteiger partial charge in [-0.3, -0.25) is 10.1 Å². The molecular weight excluding hydrogens is 266 g/mol. The maximum atomic E-state index is 10.5. The summed E-state index contributed by atoms with van der Waals surface area (Å²) in [6, 6.07) is 10.5. The molecule has 0 fully saturated rings. The third kappa shape index (κ3) is 3.42. The van der Waals surface area contributed by atoms with Crippen LogP contribution < -0.4 is 5.32 Å². The molecule has 19 heavy (non-hydrogen) atoms. The third-order valence-electron chi connectivity index (χ3n) is 2.69. The van der Waals surface area contributed by atoms with Gasteiger partial charge in [0.25, 0.3) is 5.69 Å². The number of rotatable bonds is 4. The molecule has 0 radical (unpaired) electrons. The first kappa shape index (κ1) is 13.3. The molecule has 0 saturated heterocycles. The zero-order chi connectivity index (χ0) is 13.8. The van der Waals surface area contributed by atoms with E-state index in [1.807, 2.05) is 31.2 Å². The van der Waals surface area contributed by atoms with Gasteiger partial charge in [0, 0.05) is 17.1 Å². The maximum absolute atomic E-state index is 10.5. The highest BCUT2D eigenvalue weighted by Crippen LogP contribution is 2.20. The van der Waals surface area contributed by atoms with Crippen LogP contribution in [0.4, 0.5) is 11.5 Å². The summed E-state index contributed by atoms with van der Waals surface area (Å²) in [6.07, 6.45) is 1.23. The van der Waals surface area contributed by atoms with Crippen LogP contribution in [0.25, 0.3) is 0 Å². The molecule has 0 unspecified atom stereocenters. The van der Waals surface area contributed by atoms with E-state index in [-0.39, 0.29) is 11.7 Å². The van der Waals surface area contributed by atoms with Crippen LogP contribution in [-0.2, 0) is 0 Å². The van der Waals surface area contributed by atoms with Crippen molar-refractivity contribution in [1.82, 2.24) is 4.98 Å². The van der Waals surface area contributed by atoms with Crippen molar-refractivity contribution in [1.29, 1.82) is 0 Å². The van der Waals surface area contributed by atoms with E-state index in [0.717, 1.165) is 5.56 Å². The van der Waals surface area contributed by atoms with E-state index in [2.05, 4.69) is 10.3 Å². The van der Waals surface area contributed by atoms with E-state index in [4.69, 9.17) is 11.6 Å². The minimum Gasteiger partial charge on any atom is -0.364 e. The maximum Gasteiger partial charge on any atom is 0.287 e. The van der Waals surface area contributed by atoms with Gasteiger partial charge in [0.05, 0.1) is 4.92 Å². The molecule has 1 aromatic heterocycles. The van der Waals surface area contributed by atoms with Crippen LogP contribution >= 0.6 is 11.6 Å². The van der Waals surface area contributed by atoms with E-state index in [1.165, 1.54) is 12.3 Å². The van der Waals surface area contributed by atoms with Crippen LogP contribution in [-0.4, -0.2) is 9.91 Å². The van der Waals surface area contributed by atoms with Crippen molar-refractivity contribution < 1.29 is 4.92 Å². The Morgan fingerprint density at radius 1 is 1.26 bits per heavy atom. The van der Waals surface area contributed by atoms with Crippen LogP contribution in [0.3, 0.4) is 0 Å². The molecule has 0 aliphatic heterocycles. The zero-order valence-electron chi connectivity index (χ0n) is 10.2. The van der Waals surface area contributed by atoms with Crippen molar-refractivity contribution in [2.24, 2.45) is 0 Å². The molecule has 0 amide bonds. The Hall–Kier alpha value is -2.14. The monoisotopic (exact) mass is 277 g/mol. The molecule has 0 aliphatic rings. The number of aromatic nitrogens is 1. The summed E-state index contributed by atoms with van der Waals surface area (Å²) >= 11 is 5.83. The van der Waals surface area contributed by atoms with Gasteiger partial charge in [0.15, 0.2) is 0 Å². The summed E-state index contributed by atoms with van der Waals surface area (Å²) in [4.78, 5) is 14.1. The topological polar surface area (TPSA) is 68.1 Å². The number of nitro groups is 1. The molecule has 2 aromatic rings. The van der Waals surface area contributed by atoms with E-state index < -0.39 is 4.92 Å². The Kier molecular flexibility index (Phi) is 3.97. The molecule has 0 spiro atoms. The molecule has 2 rings (SSSR count). The Morgan fingerprint density at radius 2 is 1.95 bits per heavy atom. The fourth-order valence-corrected chi connectivity index (χ4v) is 1.76. The number of nitrogens with zero attached hydrogens (tertiary/aromatic N) is 2. The minimum atomic E-state index is -0.473. The number of halogens is 1. The molecule has 1 aromatic carbocycles. The summed E-state index contributed by atoms with van der Waals surface area (Å²) in [5, 5.41) is 14.4. The highest BCUT2D eigenvalue weighted by molar-refractivity contribution is 6.30. The first-order chi connectivity index (χ1) is 9.06. The van der Waals surface area contributed by atoms with Crippen LogP contribution in [0, 0.1) is 10.1 Å². The molecule has 1 heterocycles. The summed E-state index contributed by atoms with van der Waals surface area (Å²) in [5.74, 6) is 0.591. The number of hydrogen-bond acceptors (Lipinski definition) is 4. The van der Waals surface area contributed by atoms with Gasteiger partial charge < -0.3 is 5.32 Å². The lowest BCUT2D eigenvalue weighted by molar-refractivity contribution is -0.385. The predicted octanol–water partition coefficient (Wildman–Crippen LogP) is 3.82. The summed E-state index contributed by atoms with van der Waals surface area (Å²) < 4.78 is 0. The molecule has 98 valence electrons. The number of anilines is 1. The fourth-order valence-electron chi connectivity index (χ4n) is 1.64. The number of hydrogen-bond donors (Lipinski definition) is 1. The van der Waals surface area contributed by atoms with E-state index in [1.54, 1.807) is 6.07 Å². The van der Waals surface area contributed by atoms with Gasteiger partial charge in [-0.05, 0) is 30.7 Å². The quantitative estimate of drug-likeness (QED) is 0.681. The van der Waals surface area contributed by atoms with E-state index >= 15 is 0 Å². The molecule has 0 bridgehead atoms. The van der Waals surface area contributed by atoms with Gasteiger partial charge in [0.1, 0.15) is 12.0 Å². The van der Waals surface area contributed by atoms with E-state index in [9.17, 15) is 10.1 Å². The molecule has 1 atom stereocenters. The van der Waals surface area contributed by atoms with Gasteiger partial charge in [-0.15, -0.1) is 0 Å². The van der Waals surface area contributed by atoms with Crippen molar-refractivity contribution in [2.75, 3.05) is 5.32 Å². The lowest BCUT2D eigenvalue weighted by Crippen LogP contribution is -2.07. The summed E-state index contributed by atoms with van der Waals surface area (Å²) in [5.41, 5.74) is 1.04. The van der Waals surface area contributed by atoms with Crippen molar-refractivity contribution in [3.8, 4) is 0 Å². The number of benzene rings is 1. The van der Waals surface area contributed by atoms with Crippen LogP contribution in [0.15, 0.2) is 42.6 Å². The third-order valence-corrected chi connectivity index (χ3v) is 2.95. The standard InChI is InChI=1S/C13H12ClN3O2/c1-9(10-2-4-11(14)5-3-10)16-13-7-6-12(8-15-13)17(18)19/h2-9H,1H3,(H,15,16)/t9-/m0/s1. The largest absolute Gasteiger partial charge is 0.364 e. The lowest BCUT2D eigenvalue weighted by atomic mass is 10.1. The first-order valence-corrected chi connectivity index (χ1v) is 6.06. The molecule has 1 N–H and O–H groups in total. The van der Waals surface area contributed by atoms with Crippen molar-refractivity contribution in [3.05, 3.63) is 63.3 Å². The second-order valence-corrected chi connectivity index (χ2v) is 4.51. The molecule has 6 heteroatoms. The molecule has 0 saturated carbocycles. The average molecular weight is 278 g/mol. The van der Waals surface area contributed by atoms with Gasteiger partial charge in [-0.1, -0.05) is 23.7 Å². The highest BCUT2D eigenvalue weighted by atomic mass is 35.5. The Bertz CT molecular complexity index is 569. The van der Waals surface area contributed by atoms with Gasteiger partial charge in [-0.25, -0.2) is 4.98 Å². The van der Waals surface area contributed by atoms with E-state index in [0.29, 0.717) is 10.8 Å². The summed E-state index contributed by atoms with van der Waals surface area (Å²) in [6.45, 7) is 1.98. The van der Waals surface area contributed by atoms with Crippen molar-refractivity contribution >= 4 is 23.1 Å². The number of pyridine rings is 1. The second-order valence-electron chi connectivity index (χ2n) is 4.08. The lowest BCUT2D eigenvalue weighted by Gasteiger charge is -2.14. The first-order valence-electron chi connectivity index (χ1n) is 5.68. The van der Waals surface area contributed by atoms with Gasteiger partial charge >= 0.3 is 0 Å². The van der Waals surface area contributed by atoms with Crippen LogP contribution in [0.2, 0.25) is 5.02 Å². The predicted molar refractivity (Wildman–Crippen MR) is 74.4 cm³/mol. The average Bonchev–Trinajstić information content (AvgIpc) is 2.40. The normalized spacial score (nSPS) is 11.9. The molecule has 0 aliphatic carbocycles. The Morgan fingerprint density at radius 3 is 2.47 bits per heavy atom.